The number of carboxylic acid groups (broad SMARTS) is 1. The molecule has 0 aliphatic carbocycles. The number of carbonyl (C=O) groups excluding carboxylic acids is 1. The molecule has 0 aliphatic heterocycles. The van der Waals surface area contributed by atoms with Gasteiger partial charge in [0.05, 0.1) is 0 Å². The number of hydrogen-bond acceptors (Lipinski definition) is 4. The quantitative estimate of drug-likeness (QED) is 0.375. The highest BCUT2D eigenvalue weighted by atomic mass is 16.4. The minimum absolute atomic E-state index is 0.0974. The van der Waals surface area contributed by atoms with E-state index in [1.165, 1.54) is 0 Å². The summed E-state index contributed by atoms with van der Waals surface area (Å²) in [5.74, 6) is -1.47. The van der Waals surface area contributed by atoms with Crippen LogP contribution in [0.25, 0.3) is 0 Å². The van der Waals surface area contributed by atoms with E-state index in [9.17, 15) is 14.5 Å². The minimum atomic E-state index is -1.66. The first-order valence-corrected chi connectivity index (χ1v) is 1.97. The van der Waals surface area contributed by atoms with E-state index < -0.39 is 12.1 Å². The summed E-state index contributed by atoms with van der Waals surface area (Å²) in [6, 6.07) is 0. The van der Waals surface area contributed by atoms with Crippen molar-refractivity contribution in [3.8, 4) is 0 Å². The monoisotopic (exact) mass is 132 g/mol. The third-order valence-corrected chi connectivity index (χ3v) is 0.565. The molecule has 1 unspecified atom stereocenters. The van der Waals surface area contributed by atoms with Crippen LogP contribution in [0.4, 0.5) is 0 Å². The molecule has 0 aromatic rings. The van der Waals surface area contributed by atoms with Crippen molar-refractivity contribution in [2.45, 2.75) is 6.17 Å². The lowest BCUT2D eigenvalue weighted by molar-refractivity contribution is -0.140. The highest BCUT2D eigenvalue weighted by molar-refractivity contribution is 5.75. The van der Waals surface area contributed by atoms with Crippen molar-refractivity contribution < 1.29 is 14.7 Å². The van der Waals surface area contributed by atoms with Gasteiger partial charge in [-0.2, -0.15) is 0 Å². The lowest BCUT2D eigenvalue weighted by Gasteiger charge is -1.97. The molecule has 0 spiro atoms. The zero-order valence-corrected chi connectivity index (χ0v) is 4.27. The summed E-state index contributed by atoms with van der Waals surface area (Å²) >= 11 is 0. The van der Waals surface area contributed by atoms with Gasteiger partial charge in [-0.15, -0.1) is 4.91 Å². The summed E-state index contributed by atoms with van der Waals surface area (Å²) in [6.07, 6.45) is -1.57. The Morgan fingerprint density at radius 2 is 2.33 bits per heavy atom. The lowest BCUT2D eigenvalue weighted by Crippen LogP contribution is -2.33. The third kappa shape index (κ3) is 2.37. The molecule has 0 aromatic carbocycles. The number of aliphatic carboxylic acids is 1. The molecule has 50 valence electrons. The molecule has 0 heterocycles. The minimum Gasteiger partial charge on any atom is -0.478 e. The fourth-order valence-electron chi connectivity index (χ4n) is 0.211. The van der Waals surface area contributed by atoms with Crippen molar-refractivity contribution >= 4 is 12.4 Å². The molecule has 9 heavy (non-hydrogen) atoms. The molecule has 0 aromatic heterocycles. The van der Waals surface area contributed by atoms with E-state index >= 15 is 0 Å². The Kier molecular flexibility index (Phi) is 2.96. The van der Waals surface area contributed by atoms with Crippen molar-refractivity contribution in [2.24, 2.45) is 5.18 Å². The molecule has 0 saturated heterocycles. The van der Waals surface area contributed by atoms with E-state index in [0.717, 1.165) is 0 Å². The van der Waals surface area contributed by atoms with Crippen LogP contribution < -0.4 is 5.32 Å². The maximum atomic E-state index is 9.81. The van der Waals surface area contributed by atoms with Crippen LogP contribution in [0.3, 0.4) is 0 Å². The first-order chi connectivity index (χ1) is 4.22. The van der Waals surface area contributed by atoms with E-state index in [-0.39, 0.29) is 6.41 Å². The zero-order valence-electron chi connectivity index (χ0n) is 4.27. The average molecular weight is 132 g/mol. The Hall–Kier alpha value is -1.46. The molecule has 0 aliphatic rings. The van der Waals surface area contributed by atoms with Gasteiger partial charge in [0.15, 0.2) is 0 Å². The predicted octanol–water partition coefficient (Wildman–Crippen LogP) is -1.09. The van der Waals surface area contributed by atoms with E-state index in [2.05, 4.69) is 5.18 Å². The van der Waals surface area contributed by atoms with Crippen LogP contribution in [-0.2, 0) is 9.59 Å². The number of carboxylic acids is 1. The fourth-order valence-corrected chi connectivity index (χ4v) is 0.211. The molecule has 0 fully saturated rings. The third-order valence-electron chi connectivity index (χ3n) is 0.565. The summed E-state index contributed by atoms with van der Waals surface area (Å²) in [4.78, 5) is 28.8. The van der Waals surface area contributed by atoms with E-state index in [4.69, 9.17) is 5.11 Å². The molecule has 1 atom stereocenters. The molecule has 0 saturated carbocycles. The van der Waals surface area contributed by atoms with Gasteiger partial charge < -0.3 is 10.4 Å². The van der Waals surface area contributed by atoms with Crippen LogP contribution in [0.1, 0.15) is 0 Å². The van der Waals surface area contributed by atoms with Crippen LogP contribution in [0.5, 0.6) is 0 Å². The van der Waals surface area contributed by atoms with Crippen LogP contribution in [-0.4, -0.2) is 23.7 Å². The zero-order chi connectivity index (χ0) is 7.28. The summed E-state index contributed by atoms with van der Waals surface area (Å²) in [5, 5.41) is 11.7. The maximum absolute atomic E-state index is 9.81. The number of carbonyl (C=O) groups is 2. The molecule has 0 radical (unpaired) electrons. The molecular formula is C3H4N2O4. The Balaban J connectivity index is 3.81. The topological polar surface area (TPSA) is 95.8 Å². The Bertz CT molecular complexity index is 134. The second-order valence-corrected chi connectivity index (χ2v) is 1.13. The van der Waals surface area contributed by atoms with Gasteiger partial charge in [-0.25, -0.2) is 4.79 Å². The van der Waals surface area contributed by atoms with Crippen LogP contribution >= 0.6 is 0 Å². The SMILES string of the molecule is O=CNC(N=O)C(=O)O. The number of amides is 1. The average Bonchev–Trinajstić information content (AvgIpc) is 1.82. The summed E-state index contributed by atoms with van der Waals surface area (Å²) in [7, 11) is 0. The molecule has 6 heteroatoms. The molecule has 6 nitrogen and oxygen atoms in total. The smallest absolute Gasteiger partial charge is 0.352 e. The van der Waals surface area contributed by atoms with Gasteiger partial charge in [-0.1, -0.05) is 0 Å². The van der Waals surface area contributed by atoms with Crippen LogP contribution in [0.15, 0.2) is 5.18 Å². The van der Waals surface area contributed by atoms with Gasteiger partial charge in [0.1, 0.15) is 0 Å². The standard InChI is InChI=1S/C3H4N2O4/c6-1-4-2(5-9)3(7)8/h1-2H,(H,4,6)(H,7,8). The molecule has 0 bridgehead atoms. The van der Waals surface area contributed by atoms with Gasteiger partial charge >= 0.3 is 5.97 Å². The number of hydrogen-bond donors (Lipinski definition) is 2. The van der Waals surface area contributed by atoms with Gasteiger partial charge in [0.2, 0.25) is 6.41 Å². The highest BCUT2D eigenvalue weighted by Gasteiger charge is 2.14. The number of nitrogens with zero attached hydrogens (tertiary/aromatic N) is 1. The van der Waals surface area contributed by atoms with E-state index in [0.29, 0.717) is 0 Å². The van der Waals surface area contributed by atoms with Gasteiger partial charge in [0.25, 0.3) is 6.17 Å². The Labute approximate surface area is 49.8 Å². The van der Waals surface area contributed by atoms with Crippen LogP contribution in [0.2, 0.25) is 0 Å². The molecule has 1 amide bonds. The summed E-state index contributed by atoms with van der Waals surface area (Å²) in [6.45, 7) is 0. The highest BCUT2D eigenvalue weighted by Crippen LogP contribution is 1.80. The first kappa shape index (κ1) is 7.54. The van der Waals surface area contributed by atoms with Crippen molar-refractivity contribution in [1.29, 1.82) is 0 Å². The van der Waals surface area contributed by atoms with Crippen molar-refractivity contribution in [1.82, 2.24) is 5.32 Å². The maximum Gasteiger partial charge on any atom is 0.352 e. The number of nitrogens with one attached hydrogen (secondary N) is 1. The predicted molar refractivity (Wildman–Crippen MR) is 26.4 cm³/mol. The summed E-state index contributed by atoms with van der Waals surface area (Å²) < 4.78 is 0. The van der Waals surface area contributed by atoms with E-state index in [1.54, 1.807) is 5.32 Å². The van der Waals surface area contributed by atoms with Gasteiger partial charge in [-0.05, 0) is 5.18 Å². The normalized spacial score (nSPS) is 11.6. The fraction of sp³-hybridized carbons (Fsp3) is 0.333. The van der Waals surface area contributed by atoms with Crippen LogP contribution in [0, 0.1) is 4.91 Å². The van der Waals surface area contributed by atoms with Gasteiger partial charge in [-0.3, -0.25) is 4.79 Å². The van der Waals surface area contributed by atoms with Crippen molar-refractivity contribution in [3.63, 3.8) is 0 Å². The number of nitroso groups, excluding NO2 is 1. The summed E-state index contributed by atoms with van der Waals surface area (Å²) in [5.41, 5.74) is 0. The lowest BCUT2D eigenvalue weighted by atomic mass is 10.5. The molecule has 2 N–H and O–H groups in total. The van der Waals surface area contributed by atoms with Crippen molar-refractivity contribution in [3.05, 3.63) is 4.91 Å². The van der Waals surface area contributed by atoms with Gasteiger partial charge in [0, 0.05) is 0 Å². The van der Waals surface area contributed by atoms with Crippen molar-refractivity contribution in [2.75, 3.05) is 0 Å². The first-order valence-electron chi connectivity index (χ1n) is 1.97. The van der Waals surface area contributed by atoms with E-state index in [1.807, 2.05) is 0 Å². The second-order valence-electron chi connectivity index (χ2n) is 1.13. The number of rotatable bonds is 4. The second kappa shape index (κ2) is 3.53. The largest absolute Gasteiger partial charge is 0.478 e. The molecular weight excluding hydrogens is 128 g/mol. The Morgan fingerprint density at radius 3 is 2.44 bits per heavy atom. The molecule has 0 rings (SSSR count). The Morgan fingerprint density at radius 1 is 1.78 bits per heavy atom.